The number of hydrogen-bond donors (Lipinski definition) is 2. The normalized spacial score (nSPS) is 16.1. The summed E-state index contributed by atoms with van der Waals surface area (Å²) in [4.78, 5) is 30.4. The maximum atomic E-state index is 12.5. The predicted octanol–water partition coefficient (Wildman–Crippen LogP) is 2.25. The van der Waals surface area contributed by atoms with Gasteiger partial charge in [0.25, 0.3) is 5.91 Å². The number of amides is 2. The lowest BCUT2D eigenvalue weighted by molar-refractivity contribution is -0.121. The molecule has 1 aliphatic heterocycles. The van der Waals surface area contributed by atoms with Crippen LogP contribution in [0.4, 0.5) is 5.13 Å². The summed E-state index contributed by atoms with van der Waals surface area (Å²) in [5.41, 5.74) is 1.09. The number of thiazole rings is 1. The van der Waals surface area contributed by atoms with Crippen molar-refractivity contribution in [1.82, 2.24) is 15.6 Å². The Bertz CT molecular complexity index is 886. The largest absolute Gasteiger partial charge is 0.355 e. The average Bonchev–Trinajstić information content (AvgIpc) is 3.34. The van der Waals surface area contributed by atoms with Gasteiger partial charge in [0.15, 0.2) is 6.19 Å². The number of carbonyl (C=O) groups is 2. The molecule has 2 heterocycles. The molecule has 9 heteroatoms. The van der Waals surface area contributed by atoms with Crippen molar-refractivity contribution in [2.24, 2.45) is 5.92 Å². The van der Waals surface area contributed by atoms with E-state index in [0.717, 1.165) is 21.9 Å². The highest BCUT2D eigenvalue weighted by molar-refractivity contribution is 7.19. The molecule has 1 saturated heterocycles. The van der Waals surface area contributed by atoms with Crippen LogP contribution < -0.4 is 15.5 Å². The van der Waals surface area contributed by atoms with Gasteiger partial charge in [0.05, 0.1) is 21.4 Å². The third-order valence-corrected chi connectivity index (χ3v) is 5.50. The molecule has 2 N–H and O–H groups in total. The van der Waals surface area contributed by atoms with Crippen molar-refractivity contribution < 1.29 is 9.59 Å². The van der Waals surface area contributed by atoms with Crippen LogP contribution in [0.25, 0.3) is 10.4 Å². The summed E-state index contributed by atoms with van der Waals surface area (Å²) in [5, 5.41) is 15.7. The van der Waals surface area contributed by atoms with E-state index in [1.54, 1.807) is 24.4 Å². The lowest BCUT2D eigenvalue weighted by atomic mass is 10.1. The number of nitrogens with one attached hydrogen (secondary N) is 2. The van der Waals surface area contributed by atoms with Gasteiger partial charge < -0.3 is 10.6 Å². The molecule has 0 unspecified atom stereocenters. The highest BCUT2D eigenvalue weighted by atomic mass is 35.5. The van der Waals surface area contributed by atoms with E-state index in [-0.39, 0.29) is 17.7 Å². The molecule has 3 rings (SSSR count). The van der Waals surface area contributed by atoms with Crippen molar-refractivity contribution >= 4 is 39.9 Å². The van der Waals surface area contributed by atoms with Crippen molar-refractivity contribution in [3.05, 3.63) is 35.0 Å². The van der Waals surface area contributed by atoms with Crippen molar-refractivity contribution in [3.8, 4) is 16.6 Å². The monoisotopic (exact) mass is 389 g/mol. The Morgan fingerprint density at radius 3 is 2.96 bits per heavy atom. The molecule has 0 saturated carbocycles. The Hall–Kier alpha value is -2.47. The van der Waals surface area contributed by atoms with Gasteiger partial charge in [-0.3, -0.25) is 9.59 Å². The van der Waals surface area contributed by atoms with Crippen LogP contribution >= 0.6 is 22.9 Å². The first-order valence-corrected chi connectivity index (χ1v) is 9.17. The Morgan fingerprint density at radius 1 is 1.50 bits per heavy atom. The van der Waals surface area contributed by atoms with Gasteiger partial charge in [-0.15, -0.1) is 0 Å². The lowest BCUT2D eigenvalue weighted by Crippen LogP contribution is -2.33. The number of anilines is 1. The van der Waals surface area contributed by atoms with Crippen molar-refractivity contribution in [1.29, 1.82) is 5.26 Å². The van der Waals surface area contributed by atoms with E-state index in [4.69, 9.17) is 11.6 Å². The summed E-state index contributed by atoms with van der Waals surface area (Å²) in [6.45, 7) is 1.34. The summed E-state index contributed by atoms with van der Waals surface area (Å²) in [6, 6.07) is 5.07. The molecule has 0 spiro atoms. The van der Waals surface area contributed by atoms with Crippen molar-refractivity contribution in [3.63, 3.8) is 0 Å². The third-order valence-electron chi connectivity index (χ3n) is 4.14. The fourth-order valence-electron chi connectivity index (χ4n) is 2.72. The molecule has 7 nitrogen and oxygen atoms in total. The summed E-state index contributed by atoms with van der Waals surface area (Å²) in [7, 11) is 1.53. The Balaban J connectivity index is 1.88. The second kappa shape index (κ2) is 7.83. The van der Waals surface area contributed by atoms with Gasteiger partial charge in [-0.2, -0.15) is 10.2 Å². The number of carbonyl (C=O) groups excluding carboxylic acids is 2. The lowest BCUT2D eigenvalue weighted by Gasteiger charge is -2.14. The second-order valence-corrected chi connectivity index (χ2v) is 7.16. The number of hydrogen-bond acceptors (Lipinski definition) is 6. The number of rotatable bonds is 4. The van der Waals surface area contributed by atoms with E-state index in [9.17, 15) is 14.9 Å². The van der Waals surface area contributed by atoms with E-state index in [1.165, 1.54) is 18.4 Å². The van der Waals surface area contributed by atoms with E-state index in [2.05, 4.69) is 15.6 Å². The zero-order chi connectivity index (χ0) is 18.7. The van der Waals surface area contributed by atoms with Gasteiger partial charge in [-0.05, 0) is 30.7 Å². The Morgan fingerprint density at radius 2 is 2.31 bits per heavy atom. The second-order valence-electron chi connectivity index (χ2n) is 5.74. The van der Waals surface area contributed by atoms with Crippen molar-refractivity contribution in [2.75, 3.05) is 25.0 Å². The topological polar surface area (TPSA) is 98.1 Å². The molecule has 134 valence electrons. The van der Waals surface area contributed by atoms with Gasteiger partial charge >= 0.3 is 0 Å². The third kappa shape index (κ3) is 3.55. The highest BCUT2D eigenvalue weighted by Gasteiger charge is 2.30. The summed E-state index contributed by atoms with van der Waals surface area (Å²) >= 11 is 7.29. The minimum absolute atomic E-state index is 0.211. The minimum Gasteiger partial charge on any atom is -0.355 e. The van der Waals surface area contributed by atoms with E-state index >= 15 is 0 Å². The number of halogens is 1. The quantitative estimate of drug-likeness (QED) is 0.617. The molecule has 26 heavy (non-hydrogen) atoms. The predicted molar refractivity (Wildman–Crippen MR) is 100 cm³/mol. The maximum Gasteiger partial charge on any atom is 0.252 e. The highest BCUT2D eigenvalue weighted by Crippen LogP contribution is 2.33. The van der Waals surface area contributed by atoms with Crippen LogP contribution in [0, 0.1) is 17.4 Å². The molecule has 2 amide bonds. The molecule has 0 aliphatic carbocycles. The summed E-state index contributed by atoms with van der Waals surface area (Å²) < 4.78 is 0. The molecule has 1 atom stereocenters. The first kappa shape index (κ1) is 18.3. The van der Waals surface area contributed by atoms with Gasteiger partial charge in [0, 0.05) is 19.8 Å². The van der Waals surface area contributed by atoms with Crippen LogP contribution in [-0.4, -0.2) is 36.9 Å². The van der Waals surface area contributed by atoms with Crippen LogP contribution in [0.1, 0.15) is 16.8 Å². The first-order valence-electron chi connectivity index (χ1n) is 7.97. The number of nitriles is 1. The van der Waals surface area contributed by atoms with E-state index in [1.807, 2.05) is 6.19 Å². The Labute approximate surface area is 159 Å². The molecule has 2 aromatic rings. The summed E-state index contributed by atoms with van der Waals surface area (Å²) in [5.74, 6) is -0.748. The number of nitrogens with zero attached hydrogens (tertiary/aromatic N) is 3. The van der Waals surface area contributed by atoms with Gasteiger partial charge in [0.2, 0.25) is 11.0 Å². The molecule has 0 radical (unpaired) electrons. The van der Waals surface area contributed by atoms with Crippen LogP contribution in [0.5, 0.6) is 0 Å². The summed E-state index contributed by atoms with van der Waals surface area (Å²) in [6.07, 6.45) is 4.22. The maximum absolute atomic E-state index is 12.5. The van der Waals surface area contributed by atoms with Crippen LogP contribution in [0.15, 0.2) is 24.4 Å². The zero-order valence-corrected chi connectivity index (χ0v) is 15.5. The van der Waals surface area contributed by atoms with Crippen LogP contribution in [0.2, 0.25) is 5.02 Å². The Kier molecular flexibility index (Phi) is 5.52. The van der Waals surface area contributed by atoms with Gasteiger partial charge in [0.1, 0.15) is 0 Å². The smallest absolute Gasteiger partial charge is 0.252 e. The standard InChI is InChI=1S/C17H16ClN5O2S/c1-20-15(24)12-6-10(2-3-13(12)18)14-8-22-17(26-14)23(9-19)16(25)11-4-5-21-7-11/h2-3,6,8,11,21H,4-5,7H2,1H3,(H,20,24)/t11-/m0/s1. The number of benzene rings is 1. The fourth-order valence-corrected chi connectivity index (χ4v) is 3.80. The van der Waals surface area contributed by atoms with E-state index in [0.29, 0.717) is 28.7 Å². The fraction of sp³-hybridized carbons (Fsp3) is 0.294. The molecular formula is C17H16ClN5O2S. The minimum atomic E-state index is -0.288. The molecule has 1 fully saturated rings. The molecule has 1 aliphatic rings. The molecule has 1 aromatic carbocycles. The van der Waals surface area contributed by atoms with Gasteiger partial charge in [-0.1, -0.05) is 29.0 Å². The van der Waals surface area contributed by atoms with E-state index < -0.39 is 0 Å². The van der Waals surface area contributed by atoms with Crippen LogP contribution in [0.3, 0.4) is 0 Å². The molecule has 1 aromatic heterocycles. The zero-order valence-electron chi connectivity index (χ0n) is 14.0. The molecular weight excluding hydrogens is 374 g/mol. The SMILES string of the molecule is CNC(=O)c1cc(-c2cnc(N(C#N)C(=O)[C@H]3CCNC3)s2)ccc1Cl. The first-order chi connectivity index (χ1) is 12.5. The average molecular weight is 390 g/mol. The number of aromatic nitrogens is 1. The van der Waals surface area contributed by atoms with Crippen LogP contribution in [-0.2, 0) is 4.79 Å². The van der Waals surface area contributed by atoms with Gasteiger partial charge in [-0.25, -0.2) is 4.98 Å². The molecule has 0 bridgehead atoms. The van der Waals surface area contributed by atoms with Crippen molar-refractivity contribution in [2.45, 2.75) is 6.42 Å².